The highest BCUT2D eigenvalue weighted by atomic mass is 32.1. The summed E-state index contributed by atoms with van der Waals surface area (Å²) < 4.78 is 0. The van der Waals surface area contributed by atoms with Crippen molar-refractivity contribution in [1.82, 2.24) is 5.32 Å². The standard InChI is InChI=1S/C11H13NO4S/c1-6-3-4-9(17-6)11(16)12-8(7(2)13)5-10(14)15/h3-4,8H,5H2,1-2H3,(H,12,16)(H,14,15). The Morgan fingerprint density at radius 3 is 2.47 bits per heavy atom. The minimum atomic E-state index is -1.12. The Kier molecular flexibility index (Phi) is 4.39. The fraction of sp³-hybridized carbons (Fsp3) is 0.364. The number of nitrogens with one attached hydrogen (secondary N) is 1. The molecule has 0 aliphatic rings. The van der Waals surface area contributed by atoms with Crippen LogP contribution in [0.5, 0.6) is 0 Å². The summed E-state index contributed by atoms with van der Waals surface area (Å²) in [5.74, 6) is -1.90. The van der Waals surface area contributed by atoms with Crippen molar-refractivity contribution in [2.75, 3.05) is 0 Å². The minimum absolute atomic E-state index is 0.367. The molecule has 92 valence electrons. The number of ketones is 1. The Morgan fingerprint density at radius 2 is 2.06 bits per heavy atom. The summed E-state index contributed by atoms with van der Waals surface area (Å²) >= 11 is 1.30. The first-order chi connectivity index (χ1) is 7.90. The van der Waals surface area contributed by atoms with Crippen molar-refractivity contribution in [3.05, 3.63) is 21.9 Å². The van der Waals surface area contributed by atoms with Crippen molar-refractivity contribution in [1.29, 1.82) is 0 Å². The lowest BCUT2D eigenvalue weighted by Crippen LogP contribution is -2.40. The van der Waals surface area contributed by atoms with Crippen LogP contribution in [0.4, 0.5) is 0 Å². The molecule has 1 amide bonds. The number of carboxylic acids is 1. The van der Waals surface area contributed by atoms with E-state index in [1.54, 1.807) is 12.1 Å². The number of Topliss-reactive ketones (excluding diaryl/α,β-unsaturated/α-hetero) is 1. The van der Waals surface area contributed by atoms with Crippen LogP contribution < -0.4 is 5.32 Å². The van der Waals surface area contributed by atoms with E-state index in [9.17, 15) is 14.4 Å². The molecule has 1 heterocycles. The van der Waals surface area contributed by atoms with Crippen LogP contribution in [0.3, 0.4) is 0 Å². The van der Waals surface area contributed by atoms with Gasteiger partial charge in [0.25, 0.3) is 5.91 Å². The fourth-order valence-electron chi connectivity index (χ4n) is 1.26. The van der Waals surface area contributed by atoms with E-state index in [0.29, 0.717) is 4.88 Å². The van der Waals surface area contributed by atoms with Gasteiger partial charge < -0.3 is 10.4 Å². The third-order valence-corrected chi connectivity index (χ3v) is 3.14. The van der Waals surface area contributed by atoms with Gasteiger partial charge in [0.2, 0.25) is 0 Å². The first-order valence-corrected chi connectivity index (χ1v) is 5.81. The molecule has 0 radical (unpaired) electrons. The number of hydrogen-bond donors (Lipinski definition) is 2. The molecule has 5 nitrogen and oxygen atoms in total. The predicted octanol–water partition coefficient (Wildman–Crippen LogP) is 1.22. The Balaban J connectivity index is 2.70. The molecule has 0 spiro atoms. The number of carboxylic acid groups (broad SMARTS) is 1. The number of carbonyl (C=O) groups excluding carboxylic acids is 2. The van der Waals surface area contributed by atoms with Crippen molar-refractivity contribution in [2.45, 2.75) is 26.3 Å². The molecule has 1 rings (SSSR count). The van der Waals surface area contributed by atoms with E-state index >= 15 is 0 Å². The lowest BCUT2D eigenvalue weighted by molar-refractivity contribution is -0.139. The summed E-state index contributed by atoms with van der Waals surface area (Å²) in [7, 11) is 0. The quantitative estimate of drug-likeness (QED) is 0.828. The van der Waals surface area contributed by atoms with Gasteiger partial charge in [-0.25, -0.2) is 0 Å². The number of aliphatic carboxylic acids is 1. The molecule has 0 aromatic carbocycles. The van der Waals surface area contributed by atoms with Crippen LogP contribution >= 0.6 is 11.3 Å². The fourth-order valence-corrected chi connectivity index (χ4v) is 2.03. The molecule has 0 saturated carbocycles. The van der Waals surface area contributed by atoms with E-state index < -0.39 is 24.3 Å². The van der Waals surface area contributed by atoms with E-state index in [0.717, 1.165) is 4.88 Å². The van der Waals surface area contributed by atoms with Gasteiger partial charge in [0.1, 0.15) is 0 Å². The number of amides is 1. The molecule has 6 heteroatoms. The average Bonchev–Trinajstić information content (AvgIpc) is 2.63. The first kappa shape index (κ1) is 13.4. The second-order valence-corrected chi connectivity index (χ2v) is 4.93. The molecule has 0 aliphatic heterocycles. The van der Waals surface area contributed by atoms with Gasteiger partial charge in [-0.05, 0) is 26.0 Å². The van der Waals surface area contributed by atoms with E-state index in [-0.39, 0.29) is 5.78 Å². The summed E-state index contributed by atoms with van der Waals surface area (Å²) in [5, 5.41) is 11.0. The van der Waals surface area contributed by atoms with Crippen LogP contribution in [-0.2, 0) is 9.59 Å². The lowest BCUT2D eigenvalue weighted by Gasteiger charge is -2.12. The van der Waals surface area contributed by atoms with Crippen LogP contribution in [0.1, 0.15) is 27.9 Å². The van der Waals surface area contributed by atoms with Crippen LogP contribution in [0, 0.1) is 6.92 Å². The summed E-state index contributed by atoms with van der Waals surface area (Å²) in [5.41, 5.74) is 0. The van der Waals surface area contributed by atoms with Crippen LogP contribution in [0.25, 0.3) is 0 Å². The van der Waals surface area contributed by atoms with Gasteiger partial charge in [0, 0.05) is 4.88 Å². The SMILES string of the molecule is CC(=O)C(CC(=O)O)NC(=O)c1ccc(C)s1. The molecular weight excluding hydrogens is 242 g/mol. The third-order valence-electron chi connectivity index (χ3n) is 2.14. The molecular formula is C11H13NO4S. The number of rotatable bonds is 5. The van der Waals surface area contributed by atoms with Gasteiger partial charge in [-0.15, -0.1) is 11.3 Å². The maximum absolute atomic E-state index is 11.7. The molecule has 1 atom stereocenters. The normalized spacial score (nSPS) is 11.9. The van der Waals surface area contributed by atoms with Gasteiger partial charge >= 0.3 is 5.97 Å². The number of hydrogen-bond acceptors (Lipinski definition) is 4. The molecule has 0 bridgehead atoms. The van der Waals surface area contributed by atoms with Gasteiger partial charge in [0.15, 0.2) is 5.78 Å². The zero-order valence-electron chi connectivity index (χ0n) is 9.52. The molecule has 0 aliphatic carbocycles. The second kappa shape index (κ2) is 5.58. The van der Waals surface area contributed by atoms with E-state index in [2.05, 4.69) is 5.32 Å². The van der Waals surface area contributed by atoms with Crippen LogP contribution in [0.2, 0.25) is 0 Å². The van der Waals surface area contributed by atoms with Crippen molar-refractivity contribution >= 4 is 29.0 Å². The van der Waals surface area contributed by atoms with Crippen molar-refractivity contribution in [3.8, 4) is 0 Å². The van der Waals surface area contributed by atoms with Gasteiger partial charge in [-0.2, -0.15) is 0 Å². The van der Waals surface area contributed by atoms with Crippen LogP contribution in [0.15, 0.2) is 12.1 Å². The topological polar surface area (TPSA) is 83.5 Å². The molecule has 0 saturated heterocycles. The molecule has 1 aromatic rings. The lowest BCUT2D eigenvalue weighted by atomic mass is 10.1. The van der Waals surface area contributed by atoms with Crippen molar-refractivity contribution in [3.63, 3.8) is 0 Å². The van der Waals surface area contributed by atoms with E-state index in [4.69, 9.17) is 5.11 Å². The maximum Gasteiger partial charge on any atom is 0.305 e. The molecule has 1 aromatic heterocycles. The average molecular weight is 255 g/mol. The largest absolute Gasteiger partial charge is 0.481 e. The summed E-state index contributed by atoms with van der Waals surface area (Å²) in [4.78, 5) is 34.9. The molecule has 2 N–H and O–H groups in total. The van der Waals surface area contributed by atoms with Gasteiger partial charge in [0.05, 0.1) is 17.3 Å². The minimum Gasteiger partial charge on any atom is -0.481 e. The summed E-state index contributed by atoms with van der Waals surface area (Å²) in [6.45, 7) is 3.12. The Morgan fingerprint density at radius 1 is 1.41 bits per heavy atom. The summed E-state index contributed by atoms with van der Waals surface area (Å²) in [6, 6.07) is 2.47. The summed E-state index contributed by atoms with van der Waals surface area (Å²) in [6.07, 6.45) is -0.397. The van der Waals surface area contributed by atoms with E-state index in [1.807, 2.05) is 6.92 Å². The Bertz CT molecular complexity index is 452. The number of carbonyl (C=O) groups is 3. The zero-order chi connectivity index (χ0) is 13.0. The zero-order valence-corrected chi connectivity index (χ0v) is 10.3. The Hall–Kier alpha value is -1.69. The number of thiophene rings is 1. The van der Waals surface area contributed by atoms with Gasteiger partial charge in [-0.1, -0.05) is 0 Å². The molecule has 17 heavy (non-hydrogen) atoms. The monoisotopic (exact) mass is 255 g/mol. The molecule has 0 fully saturated rings. The first-order valence-electron chi connectivity index (χ1n) is 4.99. The highest BCUT2D eigenvalue weighted by molar-refractivity contribution is 7.13. The third kappa shape index (κ3) is 3.99. The second-order valence-electron chi connectivity index (χ2n) is 3.64. The molecule has 1 unspecified atom stereocenters. The number of aryl methyl sites for hydroxylation is 1. The van der Waals surface area contributed by atoms with Crippen molar-refractivity contribution < 1.29 is 19.5 Å². The Labute approximate surface area is 102 Å². The maximum atomic E-state index is 11.7. The highest BCUT2D eigenvalue weighted by Crippen LogP contribution is 2.15. The van der Waals surface area contributed by atoms with Gasteiger partial charge in [-0.3, -0.25) is 14.4 Å². The van der Waals surface area contributed by atoms with E-state index in [1.165, 1.54) is 18.3 Å². The highest BCUT2D eigenvalue weighted by Gasteiger charge is 2.21. The predicted molar refractivity (Wildman–Crippen MR) is 63.2 cm³/mol. The smallest absolute Gasteiger partial charge is 0.305 e. The van der Waals surface area contributed by atoms with Crippen molar-refractivity contribution in [2.24, 2.45) is 0 Å². The van der Waals surface area contributed by atoms with Crippen LogP contribution in [-0.4, -0.2) is 28.8 Å².